The standard InChI is InChI=1S/C23H12F9NO3/c24-21(25,26)13-4-1-3-12(9-13)19(20(34)35)33-17-11-15(23(30,31)32)7-8-18(17)36-16-6-2-5-14(10-16)22(27,28)29/h1-11H,(H,34,35). The Labute approximate surface area is 196 Å². The minimum Gasteiger partial charge on any atom is -0.476 e. The maximum absolute atomic E-state index is 13.3. The molecular formula is C23H12F9NO3. The van der Waals surface area contributed by atoms with Gasteiger partial charge in [0.2, 0.25) is 0 Å². The predicted molar refractivity (Wildman–Crippen MR) is 108 cm³/mol. The first kappa shape index (κ1) is 26.6. The average Bonchev–Trinajstić information content (AvgIpc) is 2.76. The summed E-state index contributed by atoms with van der Waals surface area (Å²) in [5.41, 5.74) is -6.12. The molecule has 36 heavy (non-hydrogen) atoms. The van der Waals surface area contributed by atoms with Crippen LogP contribution in [0.3, 0.4) is 0 Å². The maximum atomic E-state index is 13.3. The average molecular weight is 521 g/mol. The molecule has 0 spiro atoms. The van der Waals surface area contributed by atoms with Gasteiger partial charge in [-0.2, -0.15) is 39.5 Å². The Morgan fingerprint density at radius 2 is 1.22 bits per heavy atom. The van der Waals surface area contributed by atoms with Gasteiger partial charge in [-0.05, 0) is 48.5 Å². The number of benzene rings is 3. The zero-order valence-electron chi connectivity index (χ0n) is 17.5. The third-order valence-corrected chi connectivity index (χ3v) is 4.57. The van der Waals surface area contributed by atoms with Gasteiger partial charge in [0, 0.05) is 5.56 Å². The minimum absolute atomic E-state index is 0.361. The van der Waals surface area contributed by atoms with E-state index in [2.05, 4.69) is 4.99 Å². The summed E-state index contributed by atoms with van der Waals surface area (Å²) in [5, 5.41) is 9.52. The Hall–Kier alpha value is -4.03. The van der Waals surface area contributed by atoms with Gasteiger partial charge >= 0.3 is 24.5 Å². The molecule has 0 aliphatic heterocycles. The number of hydrogen-bond donors (Lipinski definition) is 1. The molecule has 0 aromatic heterocycles. The van der Waals surface area contributed by atoms with Crippen LogP contribution in [0.15, 0.2) is 71.7 Å². The largest absolute Gasteiger partial charge is 0.476 e. The number of ether oxygens (including phenoxy) is 1. The monoisotopic (exact) mass is 521 g/mol. The second-order valence-corrected chi connectivity index (χ2v) is 7.15. The lowest BCUT2D eigenvalue weighted by atomic mass is 10.1. The van der Waals surface area contributed by atoms with Crippen LogP contribution in [-0.4, -0.2) is 16.8 Å². The topological polar surface area (TPSA) is 58.9 Å². The van der Waals surface area contributed by atoms with Crippen LogP contribution in [0.25, 0.3) is 0 Å². The molecule has 3 aromatic carbocycles. The third kappa shape index (κ3) is 6.34. The van der Waals surface area contributed by atoms with Crippen molar-refractivity contribution in [3.63, 3.8) is 0 Å². The highest BCUT2D eigenvalue weighted by molar-refractivity contribution is 6.43. The maximum Gasteiger partial charge on any atom is 0.416 e. The molecule has 0 amide bonds. The van der Waals surface area contributed by atoms with Crippen LogP contribution in [0.5, 0.6) is 11.5 Å². The van der Waals surface area contributed by atoms with E-state index in [4.69, 9.17) is 4.74 Å². The number of carboxylic acids is 1. The van der Waals surface area contributed by atoms with Crippen molar-refractivity contribution >= 4 is 17.4 Å². The minimum atomic E-state index is -4.93. The van der Waals surface area contributed by atoms with Gasteiger partial charge in [-0.1, -0.05) is 18.2 Å². The van der Waals surface area contributed by atoms with Crippen LogP contribution in [0, 0.1) is 0 Å². The van der Waals surface area contributed by atoms with Crippen molar-refractivity contribution in [3.8, 4) is 11.5 Å². The summed E-state index contributed by atoms with van der Waals surface area (Å²) in [5.74, 6) is -2.92. The van der Waals surface area contributed by atoms with E-state index < -0.39 is 69.7 Å². The predicted octanol–water partition coefficient (Wildman–Crippen LogP) is 7.74. The van der Waals surface area contributed by atoms with E-state index >= 15 is 0 Å². The molecule has 0 aliphatic rings. The SMILES string of the molecule is O=C(O)C(=Nc1cc(C(F)(F)F)ccc1Oc1cccc(C(F)(F)F)c1)c1cccc(C(F)(F)F)c1. The number of aliphatic imine (C=N–C) groups is 1. The Kier molecular flexibility index (Phi) is 7.05. The summed E-state index contributed by atoms with van der Waals surface area (Å²) < 4.78 is 123. The summed E-state index contributed by atoms with van der Waals surface area (Å²) >= 11 is 0. The fraction of sp³-hybridized carbons (Fsp3) is 0.130. The lowest BCUT2D eigenvalue weighted by molar-refractivity contribution is -0.138. The molecule has 4 nitrogen and oxygen atoms in total. The first-order valence-corrected chi connectivity index (χ1v) is 9.61. The van der Waals surface area contributed by atoms with Crippen LogP contribution in [0.1, 0.15) is 22.3 Å². The summed E-state index contributed by atoms with van der Waals surface area (Å²) in [6.45, 7) is 0. The summed E-state index contributed by atoms with van der Waals surface area (Å²) in [7, 11) is 0. The van der Waals surface area contributed by atoms with Gasteiger partial charge in [-0.15, -0.1) is 0 Å². The van der Waals surface area contributed by atoms with E-state index in [-0.39, 0.29) is 0 Å². The van der Waals surface area contributed by atoms with Gasteiger partial charge in [-0.25, -0.2) is 9.79 Å². The normalized spacial score (nSPS) is 13.0. The molecule has 190 valence electrons. The summed E-state index contributed by atoms with van der Waals surface area (Å²) in [6, 6.07) is 7.79. The Bertz CT molecular complexity index is 1310. The van der Waals surface area contributed by atoms with Crippen LogP contribution >= 0.6 is 0 Å². The summed E-state index contributed by atoms with van der Waals surface area (Å²) in [6.07, 6.45) is -14.5. The molecule has 0 saturated carbocycles. The Balaban J connectivity index is 2.17. The molecule has 1 N–H and O–H groups in total. The highest BCUT2D eigenvalue weighted by Gasteiger charge is 2.33. The van der Waals surface area contributed by atoms with Crippen molar-refractivity contribution in [2.45, 2.75) is 18.5 Å². The smallest absolute Gasteiger partial charge is 0.416 e. The van der Waals surface area contributed by atoms with Crippen molar-refractivity contribution in [3.05, 3.63) is 89.0 Å². The molecule has 0 unspecified atom stereocenters. The zero-order valence-corrected chi connectivity index (χ0v) is 17.5. The fourth-order valence-electron chi connectivity index (χ4n) is 2.93. The first-order valence-electron chi connectivity index (χ1n) is 9.61. The number of rotatable bonds is 5. The molecule has 0 fully saturated rings. The van der Waals surface area contributed by atoms with Gasteiger partial charge < -0.3 is 9.84 Å². The lowest BCUT2D eigenvalue weighted by Gasteiger charge is -2.14. The van der Waals surface area contributed by atoms with E-state index in [0.29, 0.717) is 36.4 Å². The lowest BCUT2D eigenvalue weighted by Crippen LogP contribution is -2.16. The van der Waals surface area contributed by atoms with Crippen molar-refractivity contribution in [1.82, 2.24) is 0 Å². The number of hydrogen-bond acceptors (Lipinski definition) is 3. The fourth-order valence-corrected chi connectivity index (χ4v) is 2.93. The van der Waals surface area contributed by atoms with Gasteiger partial charge in [0.25, 0.3) is 0 Å². The van der Waals surface area contributed by atoms with Crippen LogP contribution < -0.4 is 4.74 Å². The number of halogens is 9. The highest BCUT2D eigenvalue weighted by Crippen LogP contribution is 2.40. The van der Waals surface area contributed by atoms with Crippen molar-refractivity contribution in [1.29, 1.82) is 0 Å². The second-order valence-electron chi connectivity index (χ2n) is 7.15. The van der Waals surface area contributed by atoms with E-state index in [1.165, 1.54) is 0 Å². The van der Waals surface area contributed by atoms with Gasteiger partial charge in [0.1, 0.15) is 11.4 Å². The van der Waals surface area contributed by atoms with E-state index in [0.717, 1.165) is 30.3 Å². The van der Waals surface area contributed by atoms with Crippen molar-refractivity contribution < 1.29 is 54.2 Å². The Morgan fingerprint density at radius 1 is 0.694 bits per heavy atom. The molecule has 0 heterocycles. The summed E-state index contributed by atoms with van der Waals surface area (Å²) in [4.78, 5) is 15.4. The molecule has 3 rings (SSSR count). The van der Waals surface area contributed by atoms with E-state index in [1.54, 1.807) is 0 Å². The second kappa shape index (κ2) is 9.55. The molecule has 13 heteroatoms. The van der Waals surface area contributed by atoms with Crippen molar-refractivity contribution in [2.24, 2.45) is 4.99 Å². The molecule has 0 radical (unpaired) electrons. The van der Waals surface area contributed by atoms with Gasteiger partial charge in [0.15, 0.2) is 11.5 Å². The quantitative estimate of drug-likeness (QED) is 0.276. The van der Waals surface area contributed by atoms with Crippen LogP contribution in [0.4, 0.5) is 45.2 Å². The van der Waals surface area contributed by atoms with Gasteiger partial charge in [0.05, 0.1) is 16.7 Å². The number of carbonyl (C=O) groups is 1. The molecule has 0 atom stereocenters. The number of carboxylic acid groups (broad SMARTS) is 1. The van der Waals surface area contributed by atoms with Crippen molar-refractivity contribution in [2.75, 3.05) is 0 Å². The Morgan fingerprint density at radius 3 is 1.78 bits per heavy atom. The molecule has 3 aromatic rings. The molecule has 0 aliphatic carbocycles. The van der Waals surface area contributed by atoms with Gasteiger partial charge in [-0.3, -0.25) is 0 Å². The number of aliphatic carboxylic acids is 1. The number of alkyl halides is 9. The molecule has 0 saturated heterocycles. The first-order chi connectivity index (χ1) is 16.6. The zero-order chi connectivity index (χ0) is 26.9. The molecular weight excluding hydrogens is 509 g/mol. The number of nitrogens with zero attached hydrogens (tertiary/aromatic N) is 1. The molecule has 0 bridgehead atoms. The van der Waals surface area contributed by atoms with Crippen LogP contribution in [0.2, 0.25) is 0 Å². The third-order valence-electron chi connectivity index (χ3n) is 4.57. The van der Waals surface area contributed by atoms with Crippen LogP contribution in [-0.2, 0) is 23.3 Å². The van der Waals surface area contributed by atoms with E-state index in [1.807, 2.05) is 0 Å². The van der Waals surface area contributed by atoms with E-state index in [9.17, 15) is 49.4 Å². The highest BCUT2D eigenvalue weighted by atomic mass is 19.4.